The van der Waals surface area contributed by atoms with E-state index in [4.69, 9.17) is 5.73 Å². The number of hydrogen-bond acceptors (Lipinski definition) is 3. The Morgan fingerprint density at radius 2 is 1.94 bits per heavy atom. The van der Waals surface area contributed by atoms with Crippen molar-refractivity contribution in [1.82, 2.24) is 5.32 Å². The summed E-state index contributed by atoms with van der Waals surface area (Å²) in [4.78, 5) is 11.7. The van der Waals surface area contributed by atoms with Crippen LogP contribution in [0.1, 0.15) is 52.4 Å². The molecule has 1 aliphatic carbocycles. The van der Waals surface area contributed by atoms with Gasteiger partial charge in [-0.25, -0.2) is 0 Å². The van der Waals surface area contributed by atoms with Gasteiger partial charge in [-0.1, -0.05) is 33.1 Å². The molecule has 0 aliphatic heterocycles. The van der Waals surface area contributed by atoms with E-state index in [1.54, 1.807) is 0 Å². The number of aliphatic hydroxyl groups excluding tert-OH is 1. The lowest BCUT2D eigenvalue weighted by atomic mass is 9.85. The zero-order valence-corrected chi connectivity index (χ0v) is 11.7. The minimum atomic E-state index is -0.455. The first-order chi connectivity index (χ1) is 8.50. The predicted molar refractivity (Wildman–Crippen MR) is 73.0 cm³/mol. The van der Waals surface area contributed by atoms with E-state index >= 15 is 0 Å². The van der Waals surface area contributed by atoms with Crippen LogP contribution in [0.5, 0.6) is 0 Å². The Bertz CT molecular complexity index is 250. The van der Waals surface area contributed by atoms with Gasteiger partial charge in [-0.15, -0.1) is 0 Å². The molecule has 0 radical (unpaired) electrons. The van der Waals surface area contributed by atoms with Crippen LogP contribution in [0.15, 0.2) is 0 Å². The van der Waals surface area contributed by atoms with Crippen LogP contribution in [0.2, 0.25) is 0 Å². The van der Waals surface area contributed by atoms with Crippen LogP contribution in [0.25, 0.3) is 0 Å². The molecule has 1 fully saturated rings. The summed E-state index contributed by atoms with van der Waals surface area (Å²) in [5.74, 6) is 0.618. The first kappa shape index (κ1) is 15.4. The van der Waals surface area contributed by atoms with Crippen molar-refractivity contribution < 1.29 is 9.90 Å². The van der Waals surface area contributed by atoms with E-state index in [2.05, 4.69) is 5.32 Å². The third-order valence-corrected chi connectivity index (χ3v) is 3.74. The first-order valence-corrected chi connectivity index (χ1v) is 7.22. The molecule has 0 saturated heterocycles. The van der Waals surface area contributed by atoms with E-state index < -0.39 is 12.1 Å². The van der Waals surface area contributed by atoms with Crippen molar-refractivity contribution in [3.63, 3.8) is 0 Å². The summed E-state index contributed by atoms with van der Waals surface area (Å²) in [5, 5.41) is 12.8. The molecule has 0 spiro atoms. The Labute approximate surface area is 110 Å². The number of carbonyl (C=O) groups is 1. The first-order valence-electron chi connectivity index (χ1n) is 7.22. The van der Waals surface area contributed by atoms with Crippen LogP contribution < -0.4 is 11.1 Å². The molecular formula is C14H28N2O2. The number of amides is 1. The average Bonchev–Trinajstić information content (AvgIpc) is 2.35. The summed E-state index contributed by atoms with van der Waals surface area (Å²) in [6, 6.07) is -0.455. The van der Waals surface area contributed by atoms with E-state index in [0.717, 1.165) is 12.8 Å². The molecule has 4 nitrogen and oxygen atoms in total. The predicted octanol–water partition coefficient (Wildman–Crippen LogP) is 1.42. The molecule has 18 heavy (non-hydrogen) atoms. The number of aliphatic hydroxyl groups is 1. The van der Waals surface area contributed by atoms with Gasteiger partial charge in [0.05, 0.1) is 12.1 Å². The van der Waals surface area contributed by atoms with Gasteiger partial charge in [0.1, 0.15) is 0 Å². The Hall–Kier alpha value is -0.610. The van der Waals surface area contributed by atoms with Crippen molar-refractivity contribution in [1.29, 1.82) is 0 Å². The maximum absolute atomic E-state index is 11.7. The summed E-state index contributed by atoms with van der Waals surface area (Å²) in [6.07, 6.45) is 6.09. The van der Waals surface area contributed by atoms with Crippen LogP contribution in [0, 0.1) is 11.8 Å². The van der Waals surface area contributed by atoms with Gasteiger partial charge in [0.15, 0.2) is 0 Å². The number of nitrogens with two attached hydrogens (primary N) is 1. The zero-order valence-electron chi connectivity index (χ0n) is 11.7. The van der Waals surface area contributed by atoms with E-state index in [-0.39, 0.29) is 5.91 Å². The van der Waals surface area contributed by atoms with Gasteiger partial charge in [-0.05, 0) is 31.1 Å². The average molecular weight is 256 g/mol. The molecule has 2 atom stereocenters. The third kappa shape index (κ3) is 5.36. The summed E-state index contributed by atoms with van der Waals surface area (Å²) < 4.78 is 0. The Morgan fingerprint density at radius 1 is 1.33 bits per heavy atom. The molecule has 1 aliphatic rings. The lowest BCUT2D eigenvalue weighted by Gasteiger charge is -2.27. The van der Waals surface area contributed by atoms with Gasteiger partial charge in [-0.2, -0.15) is 0 Å². The fourth-order valence-corrected chi connectivity index (χ4v) is 2.64. The van der Waals surface area contributed by atoms with Crippen molar-refractivity contribution in [2.45, 2.75) is 64.5 Å². The second-order valence-electron chi connectivity index (χ2n) is 5.95. The fraction of sp³-hybridized carbons (Fsp3) is 0.929. The lowest BCUT2D eigenvalue weighted by Crippen LogP contribution is -2.45. The quantitative estimate of drug-likeness (QED) is 0.672. The molecule has 4 heteroatoms. The molecule has 0 aromatic carbocycles. The van der Waals surface area contributed by atoms with Crippen LogP contribution in [0.3, 0.4) is 0 Å². The van der Waals surface area contributed by atoms with Crippen molar-refractivity contribution in [3.05, 3.63) is 0 Å². The summed E-state index contributed by atoms with van der Waals surface area (Å²) in [6.45, 7) is 4.43. The normalized spacial score (nSPS) is 20.7. The van der Waals surface area contributed by atoms with Crippen molar-refractivity contribution in [2.75, 3.05) is 6.54 Å². The van der Waals surface area contributed by atoms with E-state index in [1.165, 1.54) is 19.3 Å². The van der Waals surface area contributed by atoms with Crippen LogP contribution >= 0.6 is 0 Å². The van der Waals surface area contributed by atoms with Gasteiger partial charge >= 0.3 is 0 Å². The molecule has 1 amide bonds. The highest BCUT2D eigenvalue weighted by molar-refractivity contribution is 5.81. The number of carbonyl (C=O) groups excluding carboxylic acids is 1. The third-order valence-electron chi connectivity index (χ3n) is 3.74. The second-order valence-corrected chi connectivity index (χ2v) is 5.95. The Morgan fingerprint density at radius 3 is 2.50 bits per heavy atom. The largest absolute Gasteiger partial charge is 0.391 e. The maximum Gasteiger partial charge on any atom is 0.237 e. The van der Waals surface area contributed by atoms with Crippen LogP contribution in [-0.2, 0) is 4.79 Å². The Kier molecular flexibility index (Phi) is 6.65. The molecule has 0 bridgehead atoms. The SMILES string of the molecule is CC(C)C[C@H](N)C(=O)NCC(O)C1CCCCC1. The van der Waals surface area contributed by atoms with Crippen molar-refractivity contribution in [3.8, 4) is 0 Å². The van der Waals surface area contributed by atoms with Gasteiger partial charge in [0.2, 0.25) is 5.91 Å². The van der Waals surface area contributed by atoms with Crippen LogP contribution in [0.4, 0.5) is 0 Å². The highest BCUT2D eigenvalue weighted by Gasteiger charge is 2.23. The van der Waals surface area contributed by atoms with Gasteiger partial charge in [-0.3, -0.25) is 4.79 Å². The minimum Gasteiger partial charge on any atom is -0.391 e. The van der Waals surface area contributed by atoms with Crippen LogP contribution in [-0.4, -0.2) is 29.7 Å². The van der Waals surface area contributed by atoms with E-state index in [0.29, 0.717) is 24.8 Å². The highest BCUT2D eigenvalue weighted by atomic mass is 16.3. The van der Waals surface area contributed by atoms with Gasteiger partial charge in [0.25, 0.3) is 0 Å². The molecule has 0 aromatic heterocycles. The molecule has 106 valence electrons. The maximum atomic E-state index is 11.7. The summed E-state index contributed by atoms with van der Waals surface area (Å²) >= 11 is 0. The molecule has 1 rings (SSSR count). The summed E-state index contributed by atoms with van der Waals surface area (Å²) in [7, 11) is 0. The highest BCUT2D eigenvalue weighted by Crippen LogP contribution is 2.26. The number of hydrogen-bond donors (Lipinski definition) is 3. The van der Waals surface area contributed by atoms with E-state index in [9.17, 15) is 9.90 Å². The summed E-state index contributed by atoms with van der Waals surface area (Å²) in [5.41, 5.74) is 5.79. The standard InChI is InChI=1S/C14H28N2O2/c1-10(2)8-12(15)14(18)16-9-13(17)11-6-4-3-5-7-11/h10-13,17H,3-9,15H2,1-2H3,(H,16,18)/t12-,13?/m0/s1. The molecule has 1 unspecified atom stereocenters. The zero-order chi connectivity index (χ0) is 13.5. The van der Waals surface area contributed by atoms with Gasteiger partial charge < -0.3 is 16.2 Å². The Balaban J connectivity index is 2.24. The van der Waals surface area contributed by atoms with Crippen molar-refractivity contribution >= 4 is 5.91 Å². The van der Waals surface area contributed by atoms with E-state index in [1.807, 2.05) is 13.8 Å². The molecular weight excluding hydrogens is 228 g/mol. The monoisotopic (exact) mass is 256 g/mol. The molecule has 4 N–H and O–H groups in total. The van der Waals surface area contributed by atoms with Gasteiger partial charge in [0, 0.05) is 6.54 Å². The number of nitrogens with one attached hydrogen (secondary N) is 1. The fourth-order valence-electron chi connectivity index (χ4n) is 2.64. The smallest absolute Gasteiger partial charge is 0.237 e. The second kappa shape index (κ2) is 7.74. The molecule has 0 heterocycles. The van der Waals surface area contributed by atoms with Crippen molar-refractivity contribution in [2.24, 2.45) is 17.6 Å². The lowest BCUT2D eigenvalue weighted by molar-refractivity contribution is -0.123. The number of rotatable bonds is 6. The molecule has 0 aromatic rings. The molecule has 1 saturated carbocycles. The minimum absolute atomic E-state index is 0.140. The topological polar surface area (TPSA) is 75.4 Å².